The highest BCUT2D eigenvalue weighted by atomic mass is 16.6. The van der Waals surface area contributed by atoms with Crippen molar-refractivity contribution in [3.05, 3.63) is 12.2 Å². The molecular weight excluding hydrogens is 168 g/mol. The Labute approximate surface area is 77.8 Å². The van der Waals surface area contributed by atoms with Gasteiger partial charge in [0.15, 0.2) is 0 Å². The fraction of sp³-hybridized carbons (Fsp3) is 0.600. The fourth-order valence-electron chi connectivity index (χ4n) is 1.26. The molecule has 0 unspecified atom stereocenters. The van der Waals surface area contributed by atoms with Crippen LogP contribution in [0.5, 0.6) is 0 Å². The van der Waals surface area contributed by atoms with Crippen LogP contribution in [0.4, 0.5) is 0 Å². The number of cyclic esters (lactones) is 2. The van der Waals surface area contributed by atoms with Gasteiger partial charge in [0.25, 0.3) is 0 Å². The van der Waals surface area contributed by atoms with E-state index in [1.807, 2.05) is 0 Å². The van der Waals surface area contributed by atoms with Gasteiger partial charge >= 0.3 is 11.9 Å². The summed E-state index contributed by atoms with van der Waals surface area (Å²) in [7, 11) is 0. The molecule has 0 spiro atoms. The highest BCUT2D eigenvalue weighted by Crippen LogP contribution is 2.08. The summed E-state index contributed by atoms with van der Waals surface area (Å²) in [5, 5.41) is 0. The third-order valence-electron chi connectivity index (χ3n) is 1.97. The molecule has 0 N–H and O–H groups in total. The number of esters is 2. The minimum atomic E-state index is -0.535. The fourth-order valence-corrected chi connectivity index (χ4v) is 1.26. The van der Waals surface area contributed by atoms with Crippen LogP contribution in [-0.4, -0.2) is 11.9 Å². The van der Waals surface area contributed by atoms with Crippen LogP contribution in [0.25, 0.3) is 0 Å². The molecule has 3 heteroatoms. The molecule has 0 bridgehead atoms. The first-order chi connectivity index (χ1) is 6.29. The normalized spacial score (nSPS) is 20.6. The smallest absolute Gasteiger partial charge is 0.338 e. The standard InChI is InChI=1S/C10H14O3/c11-9-7-5-3-1-2-4-6-8-10(12)13-9/h5,7H,1-4,6,8H2. The van der Waals surface area contributed by atoms with E-state index in [-0.39, 0.29) is 0 Å². The number of rotatable bonds is 0. The maximum atomic E-state index is 10.9. The Morgan fingerprint density at radius 3 is 2.69 bits per heavy atom. The molecule has 0 fully saturated rings. The molecule has 0 aromatic rings. The molecule has 3 nitrogen and oxygen atoms in total. The average Bonchev–Trinajstić information content (AvgIpc) is 2.11. The van der Waals surface area contributed by atoms with Crippen LogP contribution in [0.1, 0.15) is 38.5 Å². The van der Waals surface area contributed by atoms with Gasteiger partial charge in [-0.15, -0.1) is 0 Å². The van der Waals surface area contributed by atoms with E-state index < -0.39 is 11.9 Å². The van der Waals surface area contributed by atoms with E-state index >= 15 is 0 Å². The Bertz CT molecular complexity index is 218. The zero-order valence-corrected chi connectivity index (χ0v) is 7.62. The molecule has 0 atom stereocenters. The van der Waals surface area contributed by atoms with Crippen molar-refractivity contribution in [3.8, 4) is 0 Å². The van der Waals surface area contributed by atoms with Crippen LogP contribution < -0.4 is 0 Å². The first-order valence-corrected chi connectivity index (χ1v) is 4.70. The summed E-state index contributed by atoms with van der Waals surface area (Å²) >= 11 is 0. The third-order valence-corrected chi connectivity index (χ3v) is 1.97. The lowest BCUT2D eigenvalue weighted by atomic mass is 10.1. The molecule has 0 radical (unpaired) electrons. The Hall–Kier alpha value is -1.12. The van der Waals surface area contributed by atoms with Crippen LogP contribution >= 0.6 is 0 Å². The first-order valence-electron chi connectivity index (χ1n) is 4.70. The van der Waals surface area contributed by atoms with Crippen LogP contribution in [0.15, 0.2) is 12.2 Å². The molecule has 0 saturated carbocycles. The largest absolute Gasteiger partial charge is 0.390 e. The van der Waals surface area contributed by atoms with Gasteiger partial charge in [-0.2, -0.15) is 0 Å². The summed E-state index contributed by atoms with van der Waals surface area (Å²) in [6.45, 7) is 0. The topological polar surface area (TPSA) is 43.4 Å². The van der Waals surface area contributed by atoms with Crippen LogP contribution in [-0.2, 0) is 14.3 Å². The van der Waals surface area contributed by atoms with Crippen molar-refractivity contribution in [1.82, 2.24) is 0 Å². The SMILES string of the molecule is O=C1C=CCCCCCCC(=O)O1. The van der Waals surface area contributed by atoms with E-state index in [0.717, 1.165) is 32.1 Å². The highest BCUT2D eigenvalue weighted by Gasteiger charge is 2.07. The summed E-state index contributed by atoms with van der Waals surface area (Å²) in [4.78, 5) is 21.8. The van der Waals surface area contributed by atoms with E-state index in [9.17, 15) is 9.59 Å². The summed E-state index contributed by atoms with van der Waals surface area (Å²) in [5.74, 6) is -0.941. The van der Waals surface area contributed by atoms with Crippen molar-refractivity contribution in [3.63, 3.8) is 0 Å². The summed E-state index contributed by atoms with van der Waals surface area (Å²) in [6.07, 6.45) is 8.42. The molecule has 0 amide bonds. The Morgan fingerprint density at radius 2 is 1.85 bits per heavy atom. The van der Waals surface area contributed by atoms with Gasteiger partial charge in [-0.1, -0.05) is 18.9 Å². The lowest BCUT2D eigenvalue weighted by molar-refractivity contribution is -0.156. The number of allylic oxidation sites excluding steroid dienone is 1. The molecule has 1 rings (SSSR count). The minimum absolute atomic E-state index is 0.361. The lowest BCUT2D eigenvalue weighted by Gasteiger charge is -1.98. The molecule has 0 aromatic heterocycles. The quantitative estimate of drug-likeness (QED) is 0.425. The average molecular weight is 182 g/mol. The van der Waals surface area contributed by atoms with Gasteiger partial charge in [-0.05, 0) is 19.3 Å². The van der Waals surface area contributed by atoms with Crippen molar-refractivity contribution in [2.45, 2.75) is 38.5 Å². The minimum Gasteiger partial charge on any atom is -0.390 e. The van der Waals surface area contributed by atoms with Gasteiger partial charge in [0, 0.05) is 12.5 Å². The van der Waals surface area contributed by atoms with Gasteiger partial charge in [-0.3, -0.25) is 4.79 Å². The molecule has 1 aliphatic rings. The van der Waals surface area contributed by atoms with Crippen LogP contribution in [0.3, 0.4) is 0 Å². The van der Waals surface area contributed by atoms with Crippen molar-refractivity contribution in [2.24, 2.45) is 0 Å². The van der Waals surface area contributed by atoms with E-state index in [1.54, 1.807) is 6.08 Å². The molecule has 0 aliphatic carbocycles. The summed E-state index contributed by atoms with van der Waals surface area (Å²) < 4.78 is 4.52. The van der Waals surface area contributed by atoms with Crippen LogP contribution in [0, 0.1) is 0 Å². The highest BCUT2D eigenvalue weighted by molar-refractivity contribution is 5.91. The predicted octanol–water partition coefficient (Wildman–Crippen LogP) is 1.97. The van der Waals surface area contributed by atoms with Gasteiger partial charge in [0.1, 0.15) is 0 Å². The Kier molecular flexibility index (Phi) is 4.23. The van der Waals surface area contributed by atoms with Crippen LogP contribution in [0.2, 0.25) is 0 Å². The third kappa shape index (κ3) is 4.45. The second kappa shape index (κ2) is 5.51. The van der Waals surface area contributed by atoms with Crippen molar-refractivity contribution < 1.29 is 14.3 Å². The van der Waals surface area contributed by atoms with Gasteiger partial charge in [0.05, 0.1) is 0 Å². The number of carbonyl (C=O) groups excluding carboxylic acids is 2. The maximum Gasteiger partial charge on any atom is 0.338 e. The van der Waals surface area contributed by atoms with Gasteiger partial charge in [-0.25, -0.2) is 4.79 Å². The molecule has 13 heavy (non-hydrogen) atoms. The van der Waals surface area contributed by atoms with Gasteiger partial charge < -0.3 is 4.74 Å². The Morgan fingerprint density at radius 1 is 1.08 bits per heavy atom. The second-order valence-electron chi connectivity index (χ2n) is 3.15. The van der Waals surface area contributed by atoms with Crippen molar-refractivity contribution >= 4 is 11.9 Å². The first kappa shape index (κ1) is 9.96. The molecule has 0 saturated heterocycles. The molecular formula is C10H14O3. The monoisotopic (exact) mass is 182 g/mol. The maximum absolute atomic E-state index is 10.9. The summed E-state index contributed by atoms with van der Waals surface area (Å²) in [6, 6.07) is 0. The second-order valence-corrected chi connectivity index (χ2v) is 3.15. The molecule has 1 heterocycles. The van der Waals surface area contributed by atoms with Gasteiger partial charge in [0.2, 0.25) is 0 Å². The Balaban J connectivity index is 2.45. The number of carbonyl (C=O) groups is 2. The summed E-state index contributed by atoms with van der Waals surface area (Å²) in [5.41, 5.74) is 0. The van der Waals surface area contributed by atoms with Crippen molar-refractivity contribution in [2.75, 3.05) is 0 Å². The zero-order valence-electron chi connectivity index (χ0n) is 7.62. The molecule has 1 aliphatic heterocycles. The van der Waals surface area contributed by atoms with E-state index in [4.69, 9.17) is 0 Å². The van der Waals surface area contributed by atoms with E-state index in [2.05, 4.69) is 4.74 Å². The van der Waals surface area contributed by atoms with Crippen molar-refractivity contribution in [1.29, 1.82) is 0 Å². The zero-order chi connectivity index (χ0) is 9.52. The molecule has 72 valence electrons. The molecule has 0 aromatic carbocycles. The van der Waals surface area contributed by atoms with E-state index in [1.165, 1.54) is 6.08 Å². The number of ether oxygens (including phenoxy) is 1. The predicted molar refractivity (Wildman–Crippen MR) is 47.9 cm³/mol. The van der Waals surface area contributed by atoms with E-state index in [0.29, 0.717) is 6.42 Å². The lowest BCUT2D eigenvalue weighted by Crippen LogP contribution is -2.09. The number of hydrogen-bond donors (Lipinski definition) is 0. The number of hydrogen-bond acceptors (Lipinski definition) is 3.